The van der Waals surface area contributed by atoms with Crippen LogP contribution in [-0.4, -0.2) is 19.9 Å². The van der Waals surface area contributed by atoms with Gasteiger partial charge < -0.3 is 9.97 Å². The summed E-state index contributed by atoms with van der Waals surface area (Å²) in [6.45, 7) is 0. The Hall–Kier alpha value is -3.69. The van der Waals surface area contributed by atoms with E-state index < -0.39 is 0 Å². The molecule has 0 amide bonds. The average molecular weight is 595 g/mol. The first-order chi connectivity index (χ1) is 15.4. The van der Waals surface area contributed by atoms with E-state index in [1.54, 1.807) is 36.9 Å². The second kappa shape index (κ2) is 10.1. The fraction of sp³-hybridized carbons (Fsp3) is 0. The molecule has 0 aliphatic rings. The molecule has 0 unspecified atom stereocenters. The fourth-order valence-corrected chi connectivity index (χ4v) is 3.28. The molecule has 0 radical (unpaired) electrons. The minimum absolute atomic E-state index is 0. The van der Waals surface area contributed by atoms with Gasteiger partial charge in [0.05, 0.1) is 0 Å². The number of anilines is 3. The first-order valence-corrected chi connectivity index (χ1v) is 9.82. The molecule has 6 heteroatoms. The van der Waals surface area contributed by atoms with Gasteiger partial charge in [-0.3, -0.25) is 14.9 Å². The molecule has 0 saturated carbocycles. The molecule has 1 aromatic carbocycles. The largest absolute Gasteiger partial charge is 2.00 e. The van der Waals surface area contributed by atoms with Crippen LogP contribution in [0.2, 0.25) is 0 Å². The number of hydrogen-bond donors (Lipinski definition) is 0. The van der Waals surface area contributed by atoms with Gasteiger partial charge in [-0.1, -0.05) is 67.3 Å². The molecule has 156 valence electrons. The number of benzene rings is 1. The van der Waals surface area contributed by atoms with Crippen LogP contribution in [0.5, 0.6) is 0 Å². The van der Waals surface area contributed by atoms with Crippen LogP contribution in [0.25, 0.3) is 22.5 Å². The third-order valence-corrected chi connectivity index (χ3v) is 4.70. The van der Waals surface area contributed by atoms with Crippen LogP contribution in [0.15, 0.2) is 104 Å². The Kier molecular flexibility index (Phi) is 6.78. The van der Waals surface area contributed by atoms with Crippen LogP contribution in [-0.2, 0) is 21.1 Å². The summed E-state index contributed by atoms with van der Waals surface area (Å²) in [7, 11) is 0. The third kappa shape index (κ3) is 4.63. The van der Waals surface area contributed by atoms with E-state index in [1.807, 2.05) is 71.6 Å². The van der Waals surface area contributed by atoms with Gasteiger partial charge in [0.1, 0.15) is 11.6 Å². The summed E-state index contributed by atoms with van der Waals surface area (Å²) in [6.07, 6.45) is 6.93. The monoisotopic (exact) mass is 594 g/mol. The van der Waals surface area contributed by atoms with E-state index in [-0.39, 0.29) is 21.1 Å². The van der Waals surface area contributed by atoms with Crippen molar-refractivity contribution in [2.24, 2.45) is 0 Å². The molecule has 0 N–H and O–H groups in total. The Morgan fingerprint density at radius 1 is 0.594 bits per heavy atom. The van der Waals surface area contributed by atoms with E-state index >= 15 is 0 Å². The SMILES string of the molecule is [Pt+2].[c-]1ccncc1-c1cccc(N(c2ccccc2)c2cccc(-c3[c-]ccnc3)n2)n1. The van der Waals surface area contributed by atoms with Gasteiger partial charge in [0, 0.05) is 5.69 Å². The predicted molar refractivity (Wildman–Crippen MR) is 121 cm³/mol. The van der Waals surface area contributed by atoms with Crippen LogP contribution in [0, 0.1) is 12.1 Å². The van der Waals surface area contributed by atoms with Crippen molar-refractivity contribution in [1.82, 2.24) is 19.9 Å². The van der Waals surface area contributed by atoms with E-state index in [0.29, 0.717) is 0 Å². The van der Waals surface area contributed by atoms with Crippen molar-refractivity contribution in [1.29, 1.82) is 0 Å². The molecular weight excluding hydrogens is 577 g/mol. The van der Waals surface area contributed by atoms with Gasteiger partial charge >= 0.3 is 21.1 Å². The molecule has 5 nitrogen and oxygen atoms in total. The molecule has 0 aliphatic carbocycles. The van der Waals surface area contributed by atoms with Crippen molar-refractivity contribution in [2.75, 3.05) is 4.90 Å². The van der Waals surface area contributed by atoms with Gasteiger partial charge in [-0.05, 0) is 35.7 Å². The zero-order valence-corrected chi connectivity index (χ0v) is 19.1. The van der Waals surface area contributed by atoms with Crippen molar-refractivity contribution in [3.05, 3.63) is 116 Å². The van der Waals surface area contributed by atoms with Crippen LogP contribution in [0.1, 0.15) is 0 Å². The standard InChI is InChI=1S/C26H17N5.Pt/c1-2-10-22(11-3-1)31(25-14-4-12-23(29-25)20-8-6-16-27-18-20)26-15-5-13-24(30-26)21-9-7-17-28-19-21;/h1-7,10-19H;/q-2;+2. The molecule has 4 aromatic heterocycles. The second-order valence-electron chi connectivity index (χ2n) is 6.74. The topological polar surface area (TPSA) is 54.8 Å². The van der Waals surface area contributed by atoms with Gasteiger partial charge in [0.25, 0.3) is 0 Å². The molecule has 0 bridgehead atoms. The first kappa shape index (κ1) is 21.5. The van der Waals surface area contributed by atoms with E-state index in [1.165, 1.54) is 0 Å². The molecule has 5 rings (SSSR count). The van der Waals surface area contributed by atoms with Crippen molar-refractivity contribution in [3.63, 3.8) is 0 Å². The minimum Gasteiger partial charge on any atom is -0.360 e. The number of aromatic nitrogens is 4. The summed E-state index contributed by atoms with van der Waals surface area (Å²) in [5.74, 6) is 1.50. The molecule has 0 aliphatic heterocycles. The molecule has 0 spiro atoms. The molecule has 4 heterocycles. The Labute approximate surface area is 201 Å². The summed E-state index contributed by atoms with van der Waals surface area (Å²) >= 11 is 0. The van der Waals surface area contributed by atoms with Crippen molar-refractivity contribution in [3.8, 4) is 22.5 Å². The number of para-hydroxylation sites is 1. The van der Waals surface area contributed by atoms with Gasteiger partial charge in [-0.15, -0.1) is 35.4 Å². The number of pyridine rings is 4. The van der Waals surface area contributed by atoms with Gasteiger partial charge in [-0.25, -0.2) is 0 Å². The summed E-state index contributed by atoms with van der Waals surface area (Å²) in [4.78, 5) is 20.2. The van der Waals surface area contributed by atoms with Crippen molar-refractivity contribution >= 4 is 17.3 Å². The Morgan fingerprint density at radius 2 is 1.12 bits per heavy atom. The average Bonchev–Trinajstić information content (AvgIpc) is 2.86. The minimum atomic E-state index is 0. The number of hydrogen-bond acceptors (Lipinski definition) is 5. The van der Waals surface area contributed by atoms with Crippen LogP contribution in [0.3, 0.4) is 0 Å². The Balaban J connectivity index is 0.00000245. The van der Waals surface area contributed by atoms with Gasteiger partial charge in [0.2, 0.25) is 0 Å². The first-order valence-electron chi connectivity index (χ1n) is 9.82. The second-order valence-corrected chi connectivity index (χ2v) is 6.74. The van der Waals surface area contributed by atoms with Gasteiger partial charge in [-0.2, -0.15) is 0 Å². The zero-order valence-electron chi connectivity index (χ0n) is 16.9. The quantitative estimate of drug-likeness (QED) is 0.246. The van der Waals surface area contributed by atoms with Crippen molar-refractivity contribution in [2.45, 2.75) is 0 Å². The fourth-order valence-electron chi connectivity index (χ4n) is 3.28. The smallest absolute Gasteiger partial charge is 0.360 e. The zero-order chi connectivity index (χ0) is 20.9. The summed E-state index contributed by atoms with van der Waals surface area (Å²) in [5.41, 5.74) is 4.22. The van der Waals surface area contributed by atoms with Crippen molar-refractivity contribution < 1.29 is 21.1 Å². The maximum atomic E-state index is 4.89. The molecule has 32 heavy (non-hydrogen) atoms. The van der Waals surface area contributed by atoms with E-state index in [4.69, 9.17) is 9.97 Å². The summed E-state index contributed by atoms with van der Waals surface area (Å²) < 4.78 is 0. The Bertz CT molecular complexity index is 1200. The predicted octanol–water partition coefficient (Wildman–Crippen LogP) is 5.67. The molecule has 0 saturated heterocycles. The number of nitrogens with zero attached hydrogens (tertiary/aromatic N) is 5. The maximum Gasteiger partial charge on any atom is 2.00 e. The normalized spacial score (nSPS) is 10.2. The molecule has 0 fully saturated rings. The number of rotatable bonds is 5. The third-order valence-electron chi connectivity index (χ3n) is 4.70. The Morgan fingerprint density at radius 3 is 1.59 bits per heavy atom. The van der Waals surface area contributed by atoms with Gasteiger partial charge in [0.15, 0.2) is 0 Å². The van der Waals surface area contributed by atoms with Crippen LogP contribution < -0.4 is 4.90 Å². The van der Waals surface area contributed by atoms with E-state index in [2.05, 4.69) is 22.1 Å². The summed E-state index contributed by atoms with van der Waals surface area (Å²) in [6, 6.07) is 31.8. The van der Waals surface area contributed by atoms with Crippen LogP contribution in [0.4, 0.5) is 17.3 Å². The molecule has 0 atom stereocenters. The summed E-state index contributed by atoms with van der Waals surface area (Å²) in [5, 5.41) is 0. The van der Waals surface area contributed by atoms with E-state index in [9.17, 15) is 0 Å². The molecule has 5 aromatic rings. The van der Waals surface area contributed by atoms with Crippen LogP contribution >= 0.6 is 0 Å². The molecular formula is C26H17N5Pt. The van der Waals surface area contributed by atoms with E-state index in [0.717, 1.165) is 39.8 Å². The maximum absolute atomic E-state index is 4.89.